The standard InChI is InChI=1S/C23H34N2O3/c1-17-10-11-21(18(2)15-17)28-14-12-22(26)25-13-6-7-19(16-25)23(27)24-20-8-4-3-5-9-20/h10-11,15,19-20H,3-9,12-14,16H2,1-2H3,(H,24,27). The Morgan fingerprint density at radius 3 is 2.64 bits per heavy atom. The number of hydrogen-bond acceptors (Lipinski definition) is 3. The highest BCUT2D eigenvalue weighted by molar-refractivity contribution is 5.81. The molecule has 154 valence electrons. The summed E-state index contributed by atoms with van der Waals surface area (Å²) in [4.78, 5) is 27.1. The molecule has 0 spiro atoms. The van der Waals surface area contributed by atoms with Crippen molar-refractivity contribution in [2.75, 3.05) is 19.7 Å². The minimum Gasteiger partial charge on any atom is -0.493 e. The first kappa shape index (κ1) is 20.7. The summed E-state index contributed by atoms with van der Waals surface area (Å²) in [6, 6.07) is 6.39. The van der Waals surface area contributed by atoms with E-state index in [0.717, 1.165) is 43.5 Å². The molecule has 0 bridgehead atoms. The fourth-order valence-electron chi connectivity index (χ4n) is 4.35. The third-order valence-corrected chi connectivity index (χ3v) is 6.00. The van der Waals surface area contributed by atoms with Gasteiger partial charge in [-0.15, -0.1) is 0 Å². The first-order chi connectivity index (χ1) is 13.5. The van der Waals surface area contributed by atoms with Crippen molar-refractivity contribution >= 4 is 11.8 Å². The van der Waals surface area contributed by atoms with E-state index in [4.69, 9.17) is 4.74 Å². The van der Waals surface area contributed by atoms with Crippen molar-refractivity contribution in [1.29, 1.82) is 0 Å². The molecular formula is C23H34N2O3. The number of benzene rings is 1. The van der Waals surface area contributed by atoms with Crippen LogP contribution in [0.3, 0.4) is 0 Å². The summed E-state index contributed by atoms with van der Waals surface area (Å²) in [6.07, 6.45) is 8.01. The van der Waals surface area contributed by atoms with Crippen molar-refractivity contribution < 1.29 is 14.3 Å². The smallest absolute Gasteiger partial charge is 0.226 e. The van der Waals surface area contributed by atoms with E-state index in [1.54, 1.807) is 0 Å². The highest BCUT2D eigenvalue weighted by Gasteiger charge is 2.29. The van der Waals surface area contributed by atoms with Crippen LogP contribution in [-0.2, 0) is 9.59 Å². The van der Waals surface area contributed by atoms with Crippen LogP contribution in [0.5, 0.6) is 5.75 Å². The quantitative estimate of drug-likeness (QED) is 0.810. The van der Waals surface area contributed by atoms with Crippen LogP contribution in [0.1, 0.15) is 62.5 Å². The second-order valence-electron chi connectivity index (χ2n) is 8.39. The Bertz CT molecular complexity index is 682. The van der Waals surface area contributed by atoms with Gasteiger partial charge in [0.05, 0.1) is 18.9 Å². The van der Waals surface area contributed by atoms with E-state index < -0.39 is 0 Å². The summed E-state index contributed by atoms with van der Waals surface area (Å²) in [5.74, 6) is 0.984. The number of carbonyl (C=O) groups excluding carboxylic acids is 2. The lowest BCUT2D eigenvalue weighted by Crippen LogP contribution is -2.48. The number of hydrogen-bond donors (Lipinski definition) is 1. The summed E-state index contributed by atoms with van der Waals surface area (Å²) >= 11 is 0. The summed E-state index contributed by atoms with van der Waals surface area (Å²) in [5, 5.41) is 3.22. The summed E-state index contributed by atoms with van der Waals surface area (Å²) in [6.45, 7) is 5.73. The van der Waals surface area contributed by atoms with E-state index in [1.165, 1.54) is 24.8 Å². The van der Waals surface area contributed by atoms with Gasteiger partial charge in [-0.25, -0.2) is 0 Å². The van der Waals surface area contributed by atoms with Crippen LogP contribution in [-0.4, -0.2) is 42.5 Å². The van der Waals surface area contributed by atoms with Crippen LogP contribution in [0.2, 0.25) is 0 Å². The van der Waals surface area contributed by atoms with Gasteiger partial charge in [-0.05, 0) is 51.2 Å². The van der Waals surface area contributed by atoms with Gasteiger partial charge in [0.1, 0.15) is 5.75 Å². The molecule has 0 radical (unpaired) electrons. The van der Waals surface area contributed by atoms with E-state index in [-0.39, 0.29) is 17.7 Å². The molecule has 1 aromatic rings. The molecule has 2 fully saturated rings. The lowest BCUT2D eigenvalue weighted by molar-refractivity contribution is -0.136. The highest BCUT2D eigenvalue weighted by atomic mass is 16.5. The van der Waals surface area contributed by atoms with E-state index in [2.05, 4.69) is 18.3 Å². The maximum absolute atomic E-state index is 12.6. The molecule has 1 N–H and O–H groups in total. The van der Waals surface area contributed by atoms with E-state index in [0.29, 0.717) is 25.6 Å². The van der Waals surface area contributed by atoms with Crippen molar-refractivity contribution in [3.63, 3.8) is 0 Å². The Morgan fingerprint density at radius 1 is 1.11 bits per heavy atom. The molecule has 1 aromatic carbocycles. The van der Waals surface area contributed by atoms with Gasteiger partial charge in [0, 0.05) is 19.1 Å². The third kappa shape index (κ3) is 5.73. The Morgan fingerprint density at radius 2 is 1.89 bits per heavy atom. The van der Waals surface area contributed by atoms with Crippen LogP contribution in [0.25, 0.3) is 0 Å². The fraction of sp³-hybridized carbons (Fsp3) is 0.652. The fourth-order valence-corrected chi connectivity index (χ4v) is 4.35. The average Bonchev–Trinajstić information content (AvgIpc) is 2.70. The molecule has 1 heterocycles. The Kier molecular flexibility index (Phi) is 7.35. The lowest BCUT2D eigenvalue weighted by atomic mass is 9.93. The summed E-state index contributed by atoms with van der Waals surface area (Å²) in [5.41, 5.74) is 2.29. The van der Waals surface area contributed by atoms with Crippen molar-refractivity contribution in [2.24, 2.45) is 5.92 Å². The van der Waals surface area contributed by atoms with Gasteiger partial charge in [0.15, 0.2) is 0 Å². The molecule has 1 atom stereocenters. The SMILES string of the molecule is Cc1ccc(OCCC(=O)N2CCCC(C(=O)NC3CCCCC3)C2)c(C)c1. The van der Waals surface area contributed by atoms with Crippen LogP contribution < -0.4 is 10.1 Å². The maximum Gasteiger partial charge on any atom is 0.226 e. The zero-order valence-corrected chi connectivity index (χ0v) is 17.3. The van der Waals surface area contributed by atoms with Crippen molar-refractivity contribution in [3.05, 3.63) is 29.3 Å². The number of rotatable bonds is 6. The molecule has 2 aliphatic rings. The Hall–Kier alpha value is -2.04. The van der Waals surface area contributed by atoms with Gasteiger partial charge in [-0.1, -0.05) is 37.0 Å². The minimum atomic E-state index is -0.0695. The molecule has 28 heavy (non-hydrogen) atoms. The predicted molar refractivity (Wildman–Crippen MR) is 110 cm³/mol. The number of carbonyl (C=O) groups is 2. The largest absolute Gasteiger partial charge is 0.493 e. The topological polar surface area (TPSA) is 58.6 Å². The van der Waals surface area contributed by atoms with E-state index >= 15 is 0 Å². The second-order valence-corrected chi connectivity index (χ2v) is 8.39. The highest BCUT2D eigenvalue weighted by Crippen LogP contribution is 2.22. The van der Waals surface area contributed by atoms with Crippen LogP contribution in [0.4, 0.5) is 0 Å². The van der Waals surface area contributed by atoms with Gasteiger partial charge < -0.3 is 15.0 Å². The van der Waals surface area contributed by atoms with Crippen molar-refractivity contribution in [1.82, 2.24) is 10.2 Å². The lowest BCUT2D eigenvalue weighted by Gasteiger charge is -2.33. The molecule has 1 aliphatic heterocycles. The molecule has 5 heteroatoms. The molecule has 1 unspecified atom stereocenters. The van der Waals surface area contributed by atoms with Crippen molar-refractivity contribution in [2.45, 2.75) is 71.3 Å². The number of likely N-dealkylation sites (tertiary alicyclic amines) is 1. The molecule has 1 saturated heterocycles. The van der Waals surface area contributed by atoms with Gasteiger partial charge >= 0.3 is 0 Å². The molecule has 0 aromatic heterocycles. The van der Waals surface area contributed by atoms with Crippen LogP contribution >= 0.6 is 0 Å². The normalized spacial score (nSPS) is 20.6. The molecule has 1 saturated carbocycles. The summed E-state index contributed by atoms with van der Waals surface area (Å²) < 4.78 is 5.80. The molecule has 2 amide bonds. The maximum atomic E-state index is 12.6. The number of nitrogens with zero attached hydrogens (tertiary/aromatic N) is 1. The monoisotopic (exact) mass is 386 g/mol. The molecule has 1 aliphatic carbocycles. The zero-order chi connectivity index (χ0) is 19.9. The van der Waals surface area contributed by atoms with E-state index in [9.17, 15) is 9.59 Å². The van der Waals surface area contributed by atoms with Gasteiger partial charge in [0.2, 0.25) is 11.8 Å². The van der Waals surface area contributed by atoms with Crippen LogP contribution in [0.15, 0.2) is 18.2 Å². The molecular weight excluding hydrogens is 352 g/mol. The van der Waals surface area contributed by atoms with Gasteiger partial charge in [-0.2, -0.15) is 0 Å². The predicted octanol–water partition coefficient (Wildman–Crippen LogP) is 3.76. The number of aryl methyl sites for hydroxylation is 2. The van der Waals surface area contributed by atoms with Crippen molar-refractivity contribution in [3.8, 4) is 5.75 Å². The second kappa shape index (κ2) is 9.94. The minimum absolute atomic E-state index is 0.0695. The zero-order valence-electron chi connectivity index (χ0n) is 17.3. The average molecular weight is 387 g/mol. The first-order valence-electron chi connectivity index (χ1n) is 10.8. The molecule has 3 rings (SSSR count). The Labute approximate surface area is 168 Å². The number of ether oxygens (including phenoxy) is 1. The Balaban J connectivity index is 1.43. The van der Waals surface area contributed by atoms with E-state index in [1.807, 2.05) is 24.0 Å². The molecule has 5 nitrogen and oxygen atoms in total. The number of nitrogens with one attached hydrogen (secondary N) is 1. The number of piperidine rings is 1. The third-order valence-electron chi connectivity index (χ3n) is 6.00. The van der Waals surface area contributed by atoms with Crippen LogP contribution in [0, 0.1) is 19.8 Å². The summed E-state index contributed by atoms with van der Waals surface area (Å²) in [7, 11) is 0. The first-order valence-corrected chi connectivity index (χ1v) is 10.8. The number of amides is 2. The van der Waals surface area contributed by atoms with Gasteiger partial charge in [0.25, 0.3) is 0 Å². The van der Waals surface area contributed by atoms with Gasteiger partial charge in [-0.3, -0.25) is 9.59 Å².